The Morgan fingerprint density at radius 3 is 2.41 bits per heavy atom. The summed E-state index contributed by atoms with van der Waals surface area (Å²) in [4.78, 5) is 21.3. The molecule has 0 bridgehead atoms. The van der Waals surface area contributed by atoms with Crippen molar-refractivity contribution in [2.24, 2.45) is 5.92 Å². The molecule has 0 spiro atoms. The maximum Gasteiger partial charge on any atom is 0.472 e. The van der Waals surface area contributed by atoms with E-state index in [1.165, 1.54) is 0 Å². The summed E-state index contributed by atoms with van der Waals surface area (Å²) in [7, 11) is -4.03. The van der Waals surface area contributed by atoms with Crippen LogP contribution in [0.25, 0.3) is 0 Å². The van der Waals surface area contributed by atoms with Crippen molar-refractivity contribution in [2.45, 2.75) is 53.1 Å². The van der Waals surface area contributed by atoms with E-state index in [0.717, 1.165) is 6.42 Å². The number of carbonyl (C=O) groups excluding carboxylic acids is 1. The van der Waals surface area contributed by atoms with Crippen molar-refractivity contribution in [1.29, 1.82) is 0 Å². The van der Waals surface area contributed by atoms with Crippen LogP contribution in [0.2, 0.25) is 0 Å². The van der Waals surface area contributed by atoms with Crippen molar-refractivity contribution in [3.8, 4) is 0 Å². The number of hydrogen-bond donors (Lipinski definition) is 2. The maximum atomic E-state index is 12.0. The molecule has 7 nitrogen and oxygen atoms in total. The molecule has 132 valence electrons. The van der Waals surface area contributed by atoms with E-state index in [1.807, 2.05) is 20.8 Å². The number of hydrogen-bond acceptors (Lipinski definition) is 5. The average molecular weight is 339 g/mol. The number of unbranched alkanes of at least 4 members (excludes halogenated alkanes) is 1. The van der Waals surface area contributed by atoms with Gasteiger partial charge < -0.3 is 14.9 Å². The van der Waals surface area contributed by atoms with Crippen LogP contribution in [0.1, 0.15) is 47.5 Å². The first-order valence-corrected chi connectivity index (χ1v) is 9.14. The molecule has 8 heteroatoms. The molecule has 0 aliphatic carbocycles. The van der Waals surface area contributed by atoms with Crippen LogP contribution in [-0.4, -0.2) is 42.8 Å². The van der Waals surface area contributed by atoms with Crippen molar-refractivity contribution in [2.75, 3.05) is 26.4 Å². The van der Waals surface area contributed by atoms with Crippen LogP contribution in [0.5, 0.6) is 0 Å². The Hall–Kier alpha value is -0.460. The molecule has 0 rings (SSSR count). The third kappa shape index (κ3) is 10.3. The number of ether oxygens (including phenoxy) is 1. The summed E-state index contributed by atoms with van der Waals surface area (Å²) in [6, 6.07) is 0. The monoisotopic (exact) mass is 339 g/mol. The number of nitrogens with one attached hydrogen (secondary N) is 1. The number of phosphoric acid groups is 1. The molecule has 1 unspecified atom stereocenters. The van der Waals surface area contributed by atoms with Crippen molar-refractivity contribution < 1.29 is 28.0 Å². The zero-order valence-corrected chi connectivity index (χ0v) is 15.2. The molecule has 0 saturated carbocycles. The van der Waals surface area contributed by atoms with Gasteiger partial charge in [0.15, 0.2) is 0 Å². The van der Waals surface area contributed by atoms with Crippen molar-refractivity contribution >= 4 is 13.7 Å². The van der Waals surface area contributed by atoms with Crippen molar-refractivity contribution in [3.63, 3.8) is 0 Å². The summed E-state index contributed by atoms with van der Waals surface area (Å²) in [6.45, 7) is 9.96. The first-order valence-electron chi connectivity index (χ1n) is 7.65. The Morgan fingerprint density at radius 1 is 1.27 bits per heavy atom. The minimum Gasteiger partial charge on any atom is -0.365 e. The third-order valence-electron chi connectivity index (χ3n) is 2.72. The Balaban J connectivity index is 3.99. The Labute approximate surface area is 133 Å². The summed E-state index contributed by atoms with van der Waals surface area (Å²) in [5, 5.41) is 2.61. The smallest absolute Gasteiger partial charge is 0.365 e. The highest BCUT2D eigenvalue weighted by Gasteiger charge is 2.28. The highest BCUT2D eigenvalue weighted by molar-refractivity contribution is 7.47. The van der Waals surface area contributed by atoms with Gasteiger partial charge in [0.2, 0.25) is 0 Å². The molecule has 1 atom stereocenters. The van der Waals surface area contributed by atoms with E-state index in [1.54, 1.807) is 13.8 Å². The lowest BCUT2D eigenvalue weighted by molar-refractivity contribution is -0.144. The minimum absolute atomic E-state index is 0.105. The molecular weight excluding hydrogens is 309 g/mol. The van der Waals surface area contributed by atoms with E-state index in [2.05, 4.69) is 5.32 Å². The van der Waals surface area contributed by atoms with Crippen LogP contribution >= 0.6 is 7.82 Å². The Morgan fingerprint density at radius 2 is 1.86 bits per heavy atom. The van der Waals surface area contributed by atoms with Gasteiger partial charge in [-0.2, -0.15) is 0 Å². The lowest BCUT2D eigenvalue weighted by Crippen LogP contribution is -2.45. The van der Waals surface area contributed by atoms with Crippen molar-refractivity contribution in [1.82, 2.24) is 5.32 Å². The summed E-state index contributed by atoms with van der Waals surface area (Å²) in [5.41, 5.74) is -0.954. The fraction of sp³-hybridized carbons (Fsp3) is 0.929. The first kappa shape index (κ1) is 21.5. The average Bonchev–Trinajstić information content (AvgIpc) is 2.41. The molecule has 0 aromatic carbocycles. The number of rotatable bonds is 12. The molecule has 0 radical (unpaired) electrons. The van der Waals surface area contributed by atoms with E-state index in [9.17, 15) is 14.3 Å². The largest absolute Gasteiger partial charge is 0.472 e. The standard InChI is InChI=1S/C14H30NO6P/c1-6-7-9-20-22(17,18)21-10-8-15-13(16)14(4,5)19-11-12(2)3/h12H,6-11H2,1-5H3,(H,15,16)(H,17,18). The quantitative estimate of drug-likeness (QED) is 0.419. The summed E-state index contributed by atoms with van der Waals surface area (Å²) < 4.78 is 26.5. The number of amides is 1. The van der Waals surface area contributed by atoms with Gasteiger partial charge in [-0.05, 0) is 26.2 Å². The van der Waals surface area contributed by atoms with Crippen LogP contribution in [0.3, 0.4) is 0 Å². The van der Waals surface area contributed by atoms with Gasteiger partial charge in [0.25, 0.3) is 5.91 Å². The number of carbonyl (C=O) groups is 1. The lowest BCUT2D eigenvalue weighted by Gasteiger charge is -2.25. The molecule has 2 N–H and O–H groups in total. The van der Waals surface area contributed by atoms with Crippen LogP contribution in [0, 0.1) is 5.92 Å². The van der Waals surface area contributed by atoms with Gasteiger partial charge in [0.05, 0.1) is 19.8 Å². The maximum absolute atomic E-state index is 12.0. The van der Waals surface area contributed by atoms with Gasteiger partial charge in [-0.15, -0.1) is 0 Å². The zero-order chi connectivity index (χ0) is 17.2. The summed E-state index contributed by atoms with van der Waals surface area (Å²) in [5.74, 6) is 0.0346. The Kier molecular flexibility index (Phi) is 10.1. The van der Waals surface area contributed by atoms with E-state index in [-0.39, 0.29) is 25.7 Å². The van der Waals surface area contributed by atoms with Crippen LogP contribution < -0.4 is 5.32 Å². The minimum atomic E-state index is -4.03. The molecule has 0 aliphatic heterocycles. The van der Waals surface area contributed by atoms with Crippen LogP contribution in [0.4, 0.5) is 0 Å². The van der Waals surface area contributed by atoms with Gasteiger partial charge in [-0.3, -0.25) is 13.8 Å². The summed E-state index contributed by atoms with van der Waals surface area (Å²) in [6.07, 6.45) is 1.55. The van der Waals surface area contributed by atoms with Gasteiger partial charge in [0.1, 0.15) is 5.60 Å². The molecule has 0 aliphatic rings. The molecule has 0 saturated heterocycles. The second kappa shape index (κ2) is 10.3. The topological polar surface area (TPSA) is 94.1 Å². The second-order valence-electron chi connectivity index (χ2n) is 5.96. The van der Waals surface area contributed by atoms with Gasteiger partial charge in [-0.25, -0.2) is 4.57 Å². The van der Waals surface area contributed by atoms with Crippen LogP contribution in [-0.2, 0) is 23.1 Å². The fourth-order valence-corrected chi connectivity index (χ4v) is 2.10. The summed E-state index contributed by atoms with van der Waals surface area (Å²) >= 11 is 0. The zero-order valence-electron chi connectivity index (χ0n) is 14.3. The first-order chi connectivity index (χ1) is 10.1. The number of phosphoric ester groups is 1. The van der Waals surface area contributed by atoms with E-state index >= 15 is 0 Å². The molecule has 0 aromatic rings. The molecule has 0 aromatic heterocycles. The van der Waals surface area contributed by atoms with E-state index in [4.69, 9.17) is 13.8 Å². The predicted octanol–water partition coefficient (Wildman–Crippen LogP) is 2.49. The normalized spacial score (nSPS) is 14.9. The Bertz CT molecular complexity index is 372. The molecule has 0 heterocycles. The highest BCUT2D eigenvalue weighted by atomic mass is 31.2. The van der Waals surface area contributed by atoms with Crippen molar-refractivity contribution in [3.05, 3.63) is 0 Å². The molecule has 1 amide bonds. The van der Waals surface area contributed by atoms with Crippen LogP contribution in [0.15, 0.2) is 0 Å². The molecular formula is C14H30NO6P. The van der Waals surface area contributed by atoms with Gasteiger partial charge >= 0.3 is 7.82 Å². The van der Waals surface area contributed by atoms with E-state index in [0.29, 0.717) is 18.9 Å². The fourth-order valence-electron chi connectivity index (χ4n) is 1.34. The molecule has 0 fully saturated rings. The predicted molar refractivity (Wildman–Crippen MR) is 84.5 cm³/mol. The third-order valence-corrected chi connectivity index (χ3v) is 3.74. The molecule has 22 heavy (non-hydrogen) atoms. The lowest BCUT2D eigenvalue weighted by atomic mass is 10.1. The van der Waals surface area contributed by atoms with Gasteiger partial charge in [0, 0.05) is 6.54 Å². The van der Waals surface area contributed by atoms with E-state index < -0.39 is 13.4 Å². The second-order valence-corrected chi connectivity index (χ2v) is 7.41. The van der Waals surface area contributed by atoms with Gasteiger partial charge in [-0.1, -0.05) is 27.2 Å². The highest BCUT2D eigenvalue weighted by Crippen LogP contribution is 2.42. The SMILES string of the molecule is CCCCOP(=O)(O)OCCNC(=O)C(C)(C)OCC(C)C.